The van der Waals surface area contributed by atoms with Gasteiger partial charge in [0.15, 0.2) is 0 Å². The standard InChI is InChI=1S/C22H26FN3O3/c23-18-3-5-20(6-4-18)28-15-21-14-26(22(27)16-29-21)19-7-10-25(11-8-19)13-17-2-1-9-24-12-17/h1-6,9,12,19,21H,7-8,10-11,13-16H2/t21-/m1/s1. The number of hydrogen-bond donors (Lipinski definition) is 0. The first-order valence-electron chi connectivity index (χ1n) is 10.1. The summed E-state index contributed by atoms with van der Waals surface area (Å²) in [7, 11) is 0. The SMILES string of the molecule is O=C1CO[C@@H](COc2ccc(F)cc2)CN1C1CCN(Cc2cccnc2)CC1. The van der Waals surface area contributed by atoms with Crippen LogP contribution >= 0.6 is 0 Å². The van der Waals surface area contributed by atoms with Gasteiger partial charge in [-0.1, -0.05) is 6.07 Å². The van der Waals surface area contributed by atoms with Gasteiger partial charge < -0.3 is 14.4 Å². The Hall–Kier alpha value is -2.51. The van der Waals surface area contributed by atoms with E-state index in [2.05, 4.69) is 16.0 Å². The van der Waals surface area contributed by atoms with Crippen LogP contribution in [-0.2, 0) is 16.1 Å². The summed E-state index contributed by atoms with van der Waals surface area (Å²) in [6.45, 7) is 3.78. The van der Waals surface area contributed by atoms with Crippen molar-refractivity contribution in [3.8, 4) is 5.75 Å². The van der Waals surface area contributed by atoms with Gasteiger partial charge in [0.2, 0.25) is 5.91 Å². The Bertz CT molecular complexity index is 795. The molecule has 1 aromatic carbocycles. The van der Waals surface area contributed by atoms with E-state index in [1.807, 2.05) is 17.2 Å². The monoisotopic (exact) mass is 399 g/mol. The molecule has 154 valence electrons. The molecule has 4 rings (SSSR count). The number of likely N-dealkylation sites (tertiary alicyclic amines) is 1. The van der Waals surface area contributed by atoms with Crippen molar-refractivity contribution in [3.63, 3.8) is 0 Å². The minimum absolute atomic E-state index is 0.0498. The summed E-state index contributed by atoms with van der Waals surface area (Å²) in [5, 5.41) is 0. The number of carbonyl (C=O) groups is 1. The van der Waals surface area contributed by atoms with E-state index in [0.717, 1.165) is 32.5 Å². The van der Waals surface area contributed by atoms with Crippen molar-refractivity contribution < 1.29 is 18.7 Å². The van der Waals surface area contributed by atoms with E-state index in [1.165, 1.54) is 17.7 Å². The van der Waals surface area contributed by atoms with E-state index in [4.69, 9.17) is 9.47 Å². The average Bonchev–Trinajstić information content (AvgIpc) is 2.76. The summed E-state index contributed by atoms with van der Waals surface area (Å²) in [6, 6.07) is 10.2. The molecule has 0 saturated carbocycles. The van der Waals surface area contributed by atoms with E-state index in [-0.39, 0.29) is 30.5 Å². The van der Waals surface area contributed by atoms with E-state index in [9.17, 15) is 9.18 Å². The first-order chi connectivity index (χ1) is 14.2. The number of benzene rings is 1. The number of halogens is 1. The van der Waals surface area contributed by atoms with Crippen molar-refractivity contribution in [3.05, 3.63) is 60.2 Å². The van der Waals surface area contributed by atoms with Gasteiger partial charge in [0.1, 0.15) is 30.9 Å². The highest BCUT2D eigenvalue weighted by Gasteiger charge is 2.33. The first-order valence-corrected chi connectivity index (χ1v) is 10.1. The molecule has 6 nitrogen and oxygen atoms in total. The maximum Gasteiger partial charge on any atom is 0.248 e. The van der Waals surface area contributed by atoms with E-state index in [1.54, 1.807) is 18.3 Å². The van der Waals surface area contributed by atoms with Gasteiger partial charge in [0.05, 0.1) is 6.54 Å². The number of nitrogens with zero attached hydrogens (tertiary/aromatic N) is 3. The second-order valence-corrected chi connectivity index (χ2v) is 7.61. The Labute approximate surface area is 170 Å². The third-order valence-electron chi connectivity index (χ3n) is 5.54. The number of carbonyl (C=O) groups excluding carboxylic acids is 1. The zero-order valence-electron chi connectivity index (χ0n) is 16.4. The van der Waals surface area contributed by atoms with Gasteiger partial charge in [-0.25, -0.2) is 4.39 Å². The fourth-order valence-corrected chi connectivity index (χ4v) is 3.96. The number of morpholine rings is 1. The third kappa shape index (κ3) is 5.31. The van der Waals surface area contributed by atoms with Crippen LogP contribution in [0.5, 0.6) is 5.75 Å². The number of hydrogen-bond acceptors (Lipinski definition) is 5. The molecule has 2 aliphatic heterocycles. The molecule has 1 aromatic heterocycles. The van der Waals surface area contributed by atoms with E-state index in [0.29, 0.717) is 18.9 Å². The lowest BCUT2D eigenvalue weighted by molar-refractivity contribution is -0.155. The fourth-order valence-electron chi connectivity index (χ4n) is 3.96. The van der Waals surface area contributed by atoms with Gasteiger partial charge in [-0.3, -0.25) is 14.7 Å². The lowest BCUT2D eigenvalue weighted by Gasteiger charge is -2.42. The number of piperidine rings is 1. The maximum atomic E-state index is 13.0. The molecular formula is C22H26FN3O3. The van der Waals surface area contributed by atoms with Crippen molar-refractivity contribution in [2.75, 3.05) is 32.8 Å². The first kappa shape index (κ1) is 19.8. The molecule has 2 aromatic rings. The number of aromatic nitrogens is 1. The van der Waals surface area contributed by atoms with Gasteiger partial charge >= 0.3 is 0 Å². The Balaban J connectivity index is 1.26. The van der Waals surface area contributed by atoms with Crippen molar-refractivity contribution in [2.24, 2.45) is 0 Å². The Morgan fingerprint density at radius 2 is 1.97 bits per heavy atom. The van der Waals surface area contributed by atoms with Crippen LogP contribution in [0.2, 0.25) is 0 Å². The fraction of sp³-hybridized carbons (Fsp3) is 0.455. The normalized spacial score (nSPS) is 21.3. The highest BCUT2D eigenvalue weighted by atomic mass is 19.1. The largest absolute Gasteiger partial charge is 0.491 e. The molecule has 3 heterocycles. The van der Waals surface area contributed by atoms with Crippen LogP contribution in [0, 0.1) is 5.82 Å². The van der Waals surface area contributed by atoms with Gasteiger partial charge in [-0.15, -0.1) is 0 Å². The van der Waals surface area contributed by atoms with Crippen LogP contribution in [-0.4, -0.2) is 65.7 Å². The molecule has 2 aliphatic rings. The van der Waals surface area contributed by atoms with E-state index < -0.39 is 0 Å². The molecular weight excluding hydrogens is 373 g/mol. The molecule has 0 bridgehead atoms. The molecule has 29 heavy (non-hydrogen) atoms. The van der Waals surface area contributed by atoms with Crippen LogP contribution in [0.4, 0.5) is 4.39 Å². The quantitative estimate of drug-likeness (QED) is 0.747. The van der Waals surface area contributed by atoms with Crippen LogP contribution in [0.1, 0.15) is 18.4 Å². The predicted molar refractivity (Wildman–Crippen MR) is 106 cm³/mol. The smallest absolute Gasteiger partial charge is 0.248 e. The molecule has 7 heteroatoms. The highest BCUT2D eigenvalue weighted by Crippen LogP contribution is 2.22. The lowest BCUT2D eigenvalue weighted by atomic mass is 10.0. The van der Waals surface area contributed by atoms with Gasteiger partial charge in [-0.05, 0) is 48.7 Å². The number of amides is 1. The Morgan fingerprint density at radius 3 is 2.69 bits per heavy atom. The highest BCUT2D eigenvalue weighted by molar-refractivity contribution is 5.78. The second kappa shape index (κ2) is 9.33. The van der Waals surface area contributed by atoms with Gasteiger partial charge in [-0.2, -0.15) is 0 Å². The summed E-state index contributed by atoms with van der Waals surface area (Å²) < 4.78 is 24.4. The third-order valence-corrected chi connectivity index (χ3v) is 5.54. The summed E-state index contributed by atoms with van der Waals surface area (Å²) in [5.74, 6) is 0.355. The average molecular weight is 399 g/mol. The molecule has 2 saturated heterocycles. The zero-order chi connectivity index (χ0) is 20.1. The molecule has 0 spiro atoms. The number of ether oxygens (including phenoxy) is 2. The van der Waals surface area contributed by atoms with Crippen LogP contribution in [0.3, 0.4) is 0 Å². The van der Waals surface area contributed by atoms with Crippen LogP contribution in [0.25, 0.3) is 0 Å². The zero-order valence-corrected chi connectivity index (χ0v) is 16.4. The summed E-state index contributed by atoms with van der Waals surface area (Å²) in [5.41, 5.74) is 1.21. The second-order valence-electron chi connectivity index (χ2n) is 7.61. The molecule has 1 atom stereocenters. The summed E-state index contributed by atoms with van der Waals surface area (Å²) >= 11 is 0. The van der Waals surface area contributed by atoms with Crippen molar-refractivity contribution in [2.45, 2.75) is 31.5 Å². The Morgan fingerprint density at radius 1 is 1.17 bits per heavy atom. The topological polar surface area (TPSA) is 54.9 Å². The van der Waals surface area contributed by atoms with Gasteiger partial charge in [0.25, 0.3) is 0 Å². The molecule has 0 aliphatic carbocycles. The minimum atomic E-state index is -0.294. The minimum Gasteiger partial charge on any atom is -0.491 e. The molecule has 0 unspecified atom stereocenters. The van der Waals surface area contributed by atoms with Crippen LogP contribution < -0.4 is 4.74 Å². The van der Waals surface area contributed by atoms with Crippen molar-refractivity contribution in [1.29, 1.82) is 0 Å². The molecule has 0 radical (unpaired) electrons. The number of rotatable bonds is 6. The van der Waals surface area contributed by atoms with Crippen LogP contribution in [0.15, 0.2) is 48.8 Å². The Kier molecular flexibility index (Phi) is 6.36. The number of pyridine rings is 1. The summed E-state index contributed by atoms with van der Waals surface area (Å²) in [6.07, 6.45) is 5.43. The van der Waals surface area contributed by atoms with Gasteiger partial charge in [0, 0.05) is 38.1 Å². The van der Waals surface area contributed by atoms with Crippen molar-refractivity contribution in [1.82, 2.24) is 14.8 Å². The lowest BCUT2D eigenvalue weighted by Crippen LogP contribution is -2.55. The molecule has 0 N–H and O–H groups in total. The molecule has 1 amide bonds. The van der Waals surface area contributed by atoms with E-state index >= 15 is 0 Å². The molecule has 2 fully saturated rings. The predicted octanol–water partition coefficient (Wildman–Crippen LogP) is 2.49. The van der Waals surface area contributed by atoms with Crippen molar-refractivity contribution >= 4 is 5.91 Å². The summed E-state index contributed by atoms with van der Waals surface area (Å²) in [4.78, 5) is 21.0. The maximum absolute atomic E-state index is 13.0.